The monoisotopic (exact) mass is 436 g/mol. The molecular weight excluding hydrogens is 412 g/mol. The van der Waals surface area contributed by atoms with Crippen LogP contribution < -0.4 is 4.74 Å². The van der Waals surface area contributed by atoms with E-state index < -0.39 is 16.1 Å². The molecule has 1 fully saturated rings. The molecule has 0 bridgehead atoms. The highest BCUT2D eigenvalue weighted by Crippen LogP contribution is 2.25. The van der Waals surface area contributed by atoms with Crippen molar-refractivity contribution in [3.05, 3.63) is 58.6 Å². The molecule has 0 radical (unpaired) electrons. The van der Waals surface area contributed by atoms with Crippen molar-refractivity contribution < 1.29 is 17.9 Å². The second kappa shape index (κ2) is 8.73. The Bertz CT molecular complexity index is 1000. The number of sulfonamides is 1. The lowest BCUT2D eigenvalue weighted by Crippen LogP contribution is -2.53. The highest BCUT2D eigenvalue weighted by molar-refractivity contribution is 7.89. The number of nitrogens with zero attached hydrogens (tertiary/aromatic N) is 2. The third kappa shape index (κ3) is 4.74. The Morgan fingerprint density at radius 3 is 2.34 bits per heavy atom. The van der Waals surface area contributed by atoms with Crippen LogP contribution in [0.4, 0.5) is 0 Å². The summed E-state index contributed by atoms with van der Waals surface area (Å²) < 4.78 is 33.1. The van der Waals surface area contributed by atoms with Gasteiger partial charge in [-0.05, 0) is 44.5 Å². The fraction of sp³-hybridized carbons (Fsp3) is 0.381. The molecule has 1 heterocycles. The molecule has 2 aromatic rings. The normalized spacial score (nSPS) is 16.5. The molecule has 29 heavy (non-hydrogen) atoms. The molecular formula is C21H25ClN2O4S. The minimum Gasteiger partial charge on any atom is -0.479 e. The van der Waals surface area contributed by atoms with Gasteiger partial charge < -0.3 is 9.64 Å². The van der Waals surface area contributed by atoms with Crippen LogP contribution in [0.5, 0.6) is 5.75 Å². The van der Waals surface area contributed by atoms with E-state index in [2.05, 4.69) is 0 Å². The lowest BCUT2D eigenvalue weighted by atomic mass is 10.2. The zero-order valence-electron chi connectivity index (χ0n) is 16.8. The highest BCUT2D eigenvalue weighted by atomic mass is 35.5. The molecule has 8 heteroatoms. The van der Waals surface area contributed by atoms with Gasteiger partial charge in [-0.3, -0.25) is 4.79 Å². The first-order valence-corrected chi connectivity index (χ1v) is 11.3. The molecule has 2 aromatic carbocycles. The number of ether oxygens (including phenoxy) is 1. The van der Waals surface area contributed by atoms with Crippen LogP contribution in [0.3, 0.4) is 0 Å². The molecule has 0 saturated carbocycles. The van der Waals surface area contributed by atoms with Crippen molar-refractivity contribution in [1.29, 1.82) is 0 Å². The van der Waals surface area contributed by atoms with E-state index in [9.17, 15) is 13.2 Å². The van der Waals surface area contributed by atoms with Crippen molar-refractivity contribution in [1.82, 2.24) is 9.21 Å². The number of halogens is 1. The molecule has 0 aliphatic carbocycles. The summed E-state index contributed by atoms with van der Waals surface area (Å²) in [4.78, 5) is 14.7. The smallest absolute Gasteiger partial charge is 0.263 e. The van der Waals surface area contributed by atoms with E-state index in [1.807, 2.05) is 13.0 Å². The first kappa shape index (κ1) is 21.6. The number of benzene rings is 2. The van der Waals surface area contributed by atoms with Crippen molar-refractivity contribution in [2.24, 2.45) is 0 Å². The Labute approximate surface area is 177 Å². The van der Waals surface area contributed by atoms with Crippen LogP contribution in [0.15, 0.2) is 47.4 Å². The fourth-order valence-electron chi connectivity index (χ4n) is 3.41. The highest BCUT2D eigenvalue weighted by Gasteiger charge is 2.32. The fourth-order valence-corrected chi connectivity index (χ4v) is 5.22. The van der Waals surface area contributed by atoms with Crippen molar-refractivity contribution in [2.45, 2.75) is 31.8 Å². The average Bonchev–Trinajstić information content (AvgIpc) is 2.69. The average molecular weight is 437 g/mol. The quantitative estimate of drug-likeness (QED) is 0.721. The van der Waals surface area contributed by atoms with E-state index in [0.717, 1.165) is 11.1 Å². The summed E-state index contributed by atoms with van der Waals surface area (Å²) >= 11 is 6.09. The van der Waals surface area contributed by atoms with Crippen LogP contribution in [0.2, 0.25) is 5.02 Å². The van der Waals surface area contributed by atoms with Crippen molar-refractivity contribution in [3.63, 3.8) is 0 Å². The van der Waals surface area contributed by atoms with Crippen LogP contribution in [-0.2, 0) is 14.8 Å². The van der Waals surface area contributed by atoms with E-state index in [1.165, 1.54) is 4.31 Å². The minimum absolute atomic E-state index is 0.187. The SMILES string of the molecule is Cc1ccc(S(=O)(=O)N2CCN(C(=O)C(C)Oc3ccccc3Cl)CC2)c(C)c1. The van der Waals surface area contributed by atoms with Gasteiger partial charge in [0.2, 0.25) is 10.0 Å². The van der Waals surface area contributed by atoms with Crippen LogP contribution >= 0.6 is 11.6 Å². The van der Waals surface area contributed by atoms with E-state index in [4.69, 9.17) is 16.3 Å². The van der Waals surface area contributed by atoms with Gasteiger partial charge in [0.15, 0.2) is 6.10 Å². The van der Waals surface area contributed by atoms with Gasteiger partial charge >= 0.3 is 0 Å². The van der Waals surface area contributed by atoms with Gasteiger partial charge in [-0.15, -0.1) is 0 Å². The number of rotatable bonds is 5. The van der Waals surface area contributed by atoms with E-state index in [1.54, 1.807) is 55.1 Å². The van der Waals surface area contributed by atoms with Crippen molar-refractivity contribution in [2.75, 3.05) is 26.2 Å². The zero-order chi connectivity index (χ0) is 21.2. The molecule has 1 atom stereocenters. The number of piperazine rings is 1. The van der Waals surface area contributed by atoms with Crippen LogP contribution in [0.25, 0.3) is 0 Å². The number of carbonyl (C=O) groups excluding carboxylic acids is 1. The van der Waals surface area contributed by atoms with Crippen LogP contribution in [0.1, 0.15) is 18.1 Å². The van der Waals surface area contributed by atoms with Gasteiger partial charge in [-0.1, -0.05) is 41.4 Å². The van der Waals surface area contributed by atoms with E-state index in [0.29, 0.717) is 28.8 Å². The predicted octanol–water partition coefficient (Wildman–Crippen LogP) is 3.26. The maximum absolute atomic E-state index is 13.0. The third-order valence-electron chi connectivity index (χ3n) is 4.99. The van der Waals surface area contributed by atoms with E-state index >= 15 is 0 Å². The Balaban J connectivity index is 1.63. The topological polar surface area (TPSA) is 66.9 Å². The summed E-state index contributed by atoms with van der Waals surface area (Å²) in [5.74, 6) is 0.263. The molecule has 0 spiro atoms. The maximum Gasteiger partial charge on any atom is 0.263 e. The summed E-state index contributed by atoms with van der Waals surface area (Å²) in [6.07, 6.45) is -0.711. The third-order valence-corrected chi connectivity index (χ3v) is 7.36. The Hall–Kier alpha value is -2.09. The number of aryl methyl sites for hydroxylation is 2. The summed E-state index contributed by atoms with van der Waals surface area (Å²) in [5.41, 5.74) is 1.75. The van der Waals surface area contributed by atoms with Gasteiger partial charge in [-0.25, -0.2) is 8.42 Å². The molecule has 1 saturated heterocycles. The number of hydrogen-bond donors (Lipinski definition) is 0. The molecule has 1 amide bonds. The molecule has 0 aromatic heterocycles. The molecule has 6 nitrogen and oxygen atoms in total. The van der Waals surface area contributed by atoms with E-state index in [-0.39, 0.29) is 19.0 Å². The standard InChI is InChI=1S/C21H25ClN2O4S/c1-15-8-9-20(16(2)14-15)29(26,27)24-12-10-23(11-13-24)21(25)17(3)28-19-7-5-4-6-18(19)22/h4-9,14,17H,10-13H2,1-3H3. The molecule has 156 valence electrons. The predicted molar refractivity (Wildman–Crippen MR) is 113 cm³/mol. The van der Waals surface area contributed by atoms with Gasteiger partial charge in [-0.2, -0.15) is 4.31 Å². The van der Waals surface area contributed by atoms with Gasteiger partial charge in [0.25, 0.3) is 5.91 Å². The Morgan fingerprint density at radius 2 is 1.72 bits per heavy atom. The second-order valence-corrected chi connectivity index (χ2v) is 9.50. The van der Waals surface area contributed by atoms with Crippen molar-refractivity contribution in [3.8, 4) is 5.75 Å². The lowest BCUT2D eigenvalue weighted by Gasteiger charge is -2.35. The van der Waals surface area contributed by atoms with Gasteiger partial charge in [0, 0.05) is 26.2 Å². The second-order valence-electron chi connectivity index (χ2n) is 7.19. The molecule has 0 N–H and O–H groups in total. The van der Waals surface area contributed by atoms with Gasteiger partial charge in [0.1, 0.15) is 5.75 Å². The molecule has 1 unspecified atom stereocenters. The summed E-state index contributed by atoms with van der Waals surface area (Å²) in [7, 11) is -3.59. The maximum atomic E-state index is 13.0. The zero-order valence-corrected chi connectivity index (χ0v) is 18.3. The Kier molecular flexibility index (Phi) is 6.51. The molecule has 1 aliphatic rings. The number of para-hydroxylation sites is 1. The van der Waals surface area contributed by atoms with Crippen LogP contribution in [0, 0.1) is 13.8 Å². The largest absolute Gasteiger partial charge is 0.479 e. The van der Waals surface area contributed by atoms with Gasteiger partial charge in [0.05, 0.1) is 9.92 Å². The number of amides is 1. The summed E-state index contributed by atoms with van der Waals surface area (Å²) in [6, 6.07) is 12.3. The first-order valence-electron chi connectivity index (χ1n) is 9.47. The first-order chi connectivity index (χ1) is 13.7. The Morgan fingerprint density at radius 1 is 1.07 bits per heavy atom. The van der Waals surface area contributed by atoms with Crippen LogP contribution in [-0.4, -0.2) is 55.8 Å². The lowest BCUT2D eigenvalue weighted by molar-refractivity contribution is -0.139. The van der Waals surface area contributed by atoms with Crippen molar-refractivity contribution >= 4 is 27.5 Å². The summed E-state index contributed by atoms with van der Waals surface area (Å²) in [6.45, 7) is 6.54. The number of carbonyl (C=O) groups is 1. The molecule has 3 rings (SSSR count). The minimum atomic E-state index is -3.59. The summed E-state index contributed by atoms with van der Waals surface area (Å²) in [5, 5.41) is 0.441. The number of hydrogen-bond acceptors (Lipinski definition) is 4. The molecule has 1 aliphatic heterocycles.